The molecule has 0 unspecified atom stereocenters. The molecule has 1 amide bonds. The zero-order valence-electron chi connectivity index (χ0n) is 18.1. The van der Waals surface area contributed by atoms with Crippen molar-refractivity contribution in [2.75, 3.05) is 49.6 Å². The lowest BCUT2D eigenvalue weighted by Gasteiger charge is -2.31. The largest absolute Gasteiger partial charge is 0.379 e. The third-order valence-electron chi connectivity index (χ3n) is 5.95. The van der Waals surface area contributed by atoms with Crippen molar-refractivity contribution in [3.8, 4) is 0 Å². The Bertz CT molecular complexity index is 1090. The normalized spacial score (nSPS) is 17.9. The number of hydrogen-bond acceptors (Lipinski definition) is 5. The minimum Gasteiger partial charge on any atom is -0.379 e. The molecule has 2 aliphatic rings. The Labute approximate surface area is 194 Å². The van der Waals surface area contributed by atoms with Crippen molar-refractivity contribution in [1.82, 2.24) is 4.31 Å². The van der Waals surface area contributed by atoms with Gasteiger partial charge in [0, 0.05) is 42.6 Å². The highest BCUT2D eigenvalue weighted by Crippen LogP contribution is 2.30. The molecular weight excluding hydrogens is 450 g/mol. The molecule has 2 aliphatic heterocycles. The molecule has 0 atom stereocenters. The van der Waals surface area contributed by atoms with Gasteiger partial charge in [0.05, 0.1) is 23.7 Å². The number of morpholine rings is 1. The lowest BCUT2D eigenvalue weighted by atomic mass is 10.1. The minimum absolute atomic E-state index is 0.118. The summed E-state index contributed by atoms with van der Waals surface area (Å²) in [7, 11) is -3.72. The second-order valence-electron chi connectivity index (χ2n) is 8.16. The Balaban J connectivity index is 1.70. The van der Waals surface area contributed by atoms with Crippen molar-refractivity contribution < 1.29 is 17.9 Å². The molecule has 2 aromatic carbocycles. The quantitative estimate of drug-likeness (QED) is 0.706. The van der Waals surface area contributed by atoms with E-state index in [1.807, 2.05) is 13.0 Å². The SMILES string of the molecule is Cc1ccc(NC(=O)c2cc(S(=O)(=O)N3CCOCC3)ccc2N2CCCCC2)cc1Cl. The molecule has 1 N–H and O–H groups in total. The fourth-order valence-corrected chi connectivity index (χ4v) is 5.69. The summed E-state index contributed by atoms with van der Waals surface area (Å²) in [6.07, 6.45) is 3.24. The number of nitrogens with zero attached hydrogens (tertiary/aromatic N) is 2. The van der Waals surface area contributed by atoms with Gasteiger partial charge < -0.3 is 15.0 Å². The number of benzene rings is 2. The van der Waals surface area contributed by atoms with E-state index < -0.39 is 10.0 Å². The van der Waals surface area contributed by atoms with Gasteiger partial charge in [0.1, 0.15) is 0 Å². The van der Waals surface area contributed by atoms with Gasteiger partial charge in [-0.25, -0.2) is 8.42 Å². The Kier molecular flexibility index (Phi) is 7.05. The molecule has 7 nitrogen and oxygen atoms in total. The van der Waals surface area contributed by atoms with Crippen LogP contribution in [0, 0.1) is 6.92 Å². The van der Waals surface area contributed by atoms with Crippen LogP contribution in [0.2, 0.25) is 5.02 Å². The number of anilines is 2. The Morgan fingerprint density at radius 1 is 1.00 bits per heavy atom. The predicted molar refractivity (Wildman–Crippen MR) is 126 cm³/mol. The maximum atomic E-state index is 13.3. The van der Waals surface area contributed by atoms with E-state index in [2.05, 4.69) is 10.2 Å². The molecule has 0 saturated carbocycles. The van der Waals surface area contributed by atoms with Crippen LogP contribution in [-0.4, -0.2) is 58.0 Å². The zero-order chi connectivity index (χ0) is 22.7. The van der Waals surface area contributed by atoms with Gasteiger partial charge in [-0.1, -0.05) is 17.7 Å². The second-order valence-corrected chi connectivity index (χ2v) is 10.5. The van der Waals surface area contributed by atoms with E-state index in [1.165, 1.54) is 10.4 Å². The summed E-state index contributed by atoms with van der Waals surface area (Å²) < 4.78 is 33.1. The number of carbonyl (C=O) groups excluding carboxylic acids is 1. The number of piperidine rings is 1. The van der Waals surface area contributed by atoms with E-state index in [4.69, 9.17) is 16.3 Å². The van der Waals surface area contributed by atoms with Crippen molar-refractivity contribution in [1.29, 1.82) is 0 Å². The summed E-state index contributed by atoms with van der Waals surface area (Å²) >= 11 is 6.21. The highest BCUT2D eigenvalue weighted by Gasteiger charge is 2.29. The van der Waals surface area contributed by atoms with Gasteiger partial charge in [-0.05, 0) is 62.1 Å². The average Bonchev–Trinajstić information content (AvgIpc) is 2.82. The maximum absolute atomic E-state index is 13.3. The van der Waals surface area contributed by atoms with Crippen LogP contribution >= 0.6 is 11.6 Å². The van der Waals surface area contributed by atoms with E-state index >= 15 is 0 Å². The first kappa shape index (κ1) is 23.0. The third kappa shape index (κ3) is 4.93. The summed E-state index contributed by atoms with van der Waals surface area (Å²) in [6, 6.07) is 10.2. The van der Waals surface area contributed by atoms with Gasteiger partial charge >= 0.3 is 0 Å². The number of ether oxygens (including phenoxy) is 1. The zero-order valence-corrected chi connectivity index (χ0v) is 19.7. The van der Waals surface area contributed by atoms with Crippen LogP contribution in [-0.2, 0) is 14.8 Å². The molecule has 172 valence electrons. The standard InChI is InChI=1S/C23H28ClN3O4S/c1-17-5-6-18(15-21(17)24)25-23(28)20-16-19(32(29,30)27-11-13-31-14-12-27)7-8-22(20)26-9-3-2-4-10-26/h5-8,15-16H,2-4,9-14H2,1H3,(H,25,28). The van der Waals surface area contributed by atoms with Crippen LogP contribution in [0.25, 0.3) is 0 Å². The predicted octanol–water partition coefficient (Wildman–Crippen LogP) is 3.91. The topological polar surface area (TPSA) is 79.0 Å². The van der Waals surface area contributed by atoms with Crippen molar-refractivity contribution in [3.63, 3.8) is 0 Å². The van der Waals surface area contributed by atoms with E-state index in [9.17, 15) is 13.2 Å². The number of amides is 1. The number of halogens is 1. The molecule has 2 aromatic rings. The smallest absolute Gasteiger partial charge is 0.257 e. The molecular formula is C23H28ClN3O4S. The highest BCUT2D eigenvalue weighted by molar-refractivity contribution is 7.89. The van der Waals surface area contributed by atoms with Crippen LogP contribution in [0.1, 0.15) is 35.2 Å². The highest BCUT2D eigenvalue weighted by atomic mass is 35.5. The monoisotopic (exact) mass is 477 g/mol. The molecule has 0 spiro atoms. The first-order valence-electron chi connectivity index (χ1n) is 10.9. The fourth-order valence-electron chi connectivity index (χ4n) is 4.07. The Hall–Kier alpha value is -2.13. The lowest BCUT2D eigenvalue weighted by Crippen LogP contribution is -2.40. The first-order valence-corrected chi connectivity index (χ1v) is 12.7. The Morgan fingerprint density at radius 2 is 1.72 bits per heavy atom. The van der Waals surface area contributed by atoms with Crippen molar-refractivity contribution in [2.24, 2.45) is 0 Å². The third-order valence-corrected chi connectivity index (χ3v) is 8.25. The fraction of sp³-hybridized carbons (Fsp3) is 0.435. The van der Waals surface area contributed by atoms with Gasteiger partial charge in [-0.3, -0.25) is 4.79 Å². The van der Waals surface area contributed by atoms with Gasteiger partial charge in [0.25, 0.3) is 5.91 Å². The molecule has 0 bridgehead atoms. The minimum atomic E-state index is -3.72. The first-order chi connectivity index (χ1) is 15.4. The van der Waals surface area contributed by atoms with Gasteiger partial charge in [0.15, 0.2) is 0 Å². The average molecular weight is 478 g/mol. The van der Waals surface area contributed by atoms with Gasteiger partial charge in [0.2, 0.25) is 10.0 Å². The maximum Gasteiger partial charge on any atom is 0.257 e. The number of sulfonamides is 1. The van der Waals surface area contributed by atoms with Crippen molar-refractivity contribution in [2.45, 2.75) is 31.1 Å². The molecule has 32 heavy (non-hydrogen) atoms. The van der Waals surface area contributed by atoms with Crippen LogP contribution in [0.3, 0.4) is 0 Å². The molecule has 0 radical (unpaired) electrons. The van der Waals surface area contributed by atoms with Gasteiger partial charge in [-0.15, -0.1) is 0 Å². The van der Waals surface area contributed by atoms with Crippen LogP contribution < -0.4 is 10.2 Å². The summed E-state index contributed by atoms with van der Waals surface area (Å²) in [4.78, 5) is 15.6. The molecule has 2 heterocycles. The van der Waals surface area contributed by atoms with Gasteiger partial charge in [-0.2, -0.15) is 4.31 Å². The number of aryl methyl sites for hydroxylation is 1. The molecule has 0 aromatic heterocycles. The van der Waals surface area contributed by atoms with Crippen molar-refractivity contribution in [3.05, 3.63) is 52.5 Å². The number of rotatable bonds is 5. The summed E-state index contributed by atoms with van der Waals surface area (Å²) in [5.74, 6) is -0.357. The van der Waals surface area contributed by atoms with Crippen molar-refractivity contribution >= 4 is 38.9 Å². The van der Waals surface area contributed by atoms with Crippen LogP contribution in [0.5, 0.6) is 0 Å². The van der Waals surface area contributed by atoms with E-state index in [0.29, 0.717) is 42.6 Å². The molecule has 9 heteroatoms. The summed E-state index contributed by atoms with van der Waals surface area (Å²) in [5, 5.41) is 3.44. The van der Waals surface area contributed by atoms with Crippen LogP contribution in [0.15, 0.2) is 41.3 Å². The summed E-state index contributed by atoms with van der Waals surface area (Å²) in [5.41, 5.74) is 2.58. The van der Waals surface area contributed by atoms with Crippen LogP contribution in [0.4, 0.5) is 11.4 Å². The molecule has 2 fully saturated rings. The summed E-state index contributed by atoms with van der Waals surface area (Å²) in [6.45, 7) is 4.92. The van der Waals surface area contributed by atoms with E-state index in [1.54, 1.807) is 24.3 Å². The molecule has 4 rings (SSSR count). The number of carbonyl (C=O) groups is 1. The molecule has 0 aliphatic carbocycles. The molecule has 2 saturated heterocycles. The second kappa shape index (κ2) is 9.79. The van der Waals surface area contributed by atoms with E-state index in [-0.39, 0.29) is 10.8 Å². The number of hydrogen-bond donors (Lipinski definition) is 1. The Morgan fingerprint density at radius 3 is 2.41 bits per heavy atom. The van der Waals surface area contributed by atoms with E-state index in [0.717, 1.165) is 43.6 Å². The number of nitrogens with one attached hydrogen (secondary N) is 1. The lowest BCUT2D eigenvalue weighted by molar-refractivity contribution is 0.0730.